The first kappa shape index (κ1) is 16.8. The SMILES string of the molecule is Cc1cc2cc3ccccc3cc2c(-c2ccc(S(C)(=O)=O)cc2)c1C. The number of benzene rings is 4. The van der Waals surface area contributed by atoms with Gasteiger partial charge < -0.3 is 0 Å². The van der Waals surface area contributed by atoms with Gasteiger partial charge in [0.05, 0.1) is 4.90 Å². The first-order valence-electron chi connectivity index (χ1n) is 8.58. The van der Waals surface area contributed by atoms with Crippen LogP contribution in [0.2, 0.25) is 0 Å². The molecule has 0 unspecified atom stereocenters. The zero-order valence-electron chi connectivity index (χ0n) is 15.1. The van der Waals surface area contributed by atoms with Gasteiger partial charge >= 0.3 is 0 Å². The molecule has 0 N–H and O–H groups in total. The quantitative estimate of drug-likeness (QED) is 0.431. The van der Waals surface area contributed by atoms with E-state index in [-0.39, 0.29) is 0 Å². The third-order valence-corrected chi connectivity index (χ3v) is 6.23. The van der Waals surface area contributed by atoms with Crippen LogP contribution in [0.25, 0.3) is 32.7 Å². The molecule has 0 saturated heterocycles. The van der Waals surface area contributed by atoms with Crippen LogP contribution in [-0.2, 0) is 9.84 Å². The third kappa shape index (κ3) is 2.78. The van der Waals surface area contributed by atoms with E-state index < -0.39 is 9.84 Å². The number of aryl methyl sites for hydroxylation is 1. The lowest BCUT2D eigenvalue weighted by Gasteiger charge is -2.15. The van der Waals surface area contributed by atoms with Crippen LogP contribution in [0.3, 0.4) is 0 Å². The van der Waals surface area contributed by atoms with Crippen molar-refractivity contribution >= 4 is 31.4 Å². The maximum atomic E-state index is 11.8. The number of rotatable bonds is 2. The zero-order chi connectivity index (χ0) is 18.5. The van der Waals surface area contributed by atoms with Gasteiger partial charge in [-0.1, -0.05) is 42.5 Å². The molecule has 0 atom stereocenters. The average Bonchev–Trinajstić information content (AvgIpc) is 2.61. The van der Waals surface area contributed by atoms with E-state index >= 15 is 0 Å². The van der Waals surface area contributed by atoms with Crippen LogP contribution in [0, 0.1) is 13.8 Å². The van der Waals surface area contributed by atoms with Crippen LogP contribution in [-0.4, -0.2) is 14.7 Å². The lowest BCUT2D eigenvalue weighted by atomic mass is 9.89. The normalized spacial score (nSPS) is 12.0. The van der Waals surface area contributed by atoms with E-state index in [4.69, 9.17) is 0 Å². The highest BCUT2D eigenvalue weighted by atomic mass is 32.2. The van der Waals surface area contributed by atoms with Crippen LogP contribution in [0.1, 0.15) is 11.1 Å². The van der Waals surface area contributed by atoms with Crippen molar-refractivity contribution in [1.82, 2.24) is 0 Å². The van der Waals surface area contributed by atoms with Gasteiger partial charge in [0.2, 0.25) is 0 Å². The van der Waals surface area contributed by atoms with E-state index in [9.17, 15) is 8.42 Å². The van der Waals surface area contributed by atoms with Gasteiger partial charge in [-0.2, -0.15) is 0 Å². The van der Waals surface area contributed by atoms with Crippen molar-refractivity contribution in [3.8, 4) is 11.1 Å². The molecule has 0 aliphatic heterocycles. The van der Waals surface area contributed by atoms with E-state index in [2.05, 4.69) is 56.3 Å². The summed E-state index contributed by atoms with van der Waals surface area (Å²) in [4.78, 5) is 0.348. The lowest BCUT2D eigenvalue weighted by Crippen LogP contribution is -1.97. The highest BCUT2D eigenvalue weighted by molar-refractivity contribution is 7.90. The second-order valence-electron chi connectivity index (χ2n) is 6.91. The summed E-state index contributed by atoms with van der Waals surface area (Å²) in [7, 11) is -3.19. The molecule has 0 aromatic heterocycles. The average molecular weight is 360 g/mol. The highest BCUT2D eigenvalue weighted by Gasteiger charge is 2.13. The monoisotopic (exact) mass is 360 g/mol. The molecule has 130 valence electrons. The second kappa shape index (κ2) is 5.96. The Balaban J connectivity index is 2.04. The van der Waals surface area contributed by atoms with Gasteiger partial charge in [-0.25, -0.2) is 8.42 Å². The Kier molecular flexibility index (Phi) is 3.85. The van der Waals surface area contributed by atoms with Crippen LogP contribution in [0.4, 0.5) is 0 Å². The summed E-state index contributed by atoms with van der Waals surface area (Å²) in [5.41, 5.74) is 4.67. The van der Waals surface area contributed by atoms with Crippen molar-refractivity contribution in [1.29, 1.82) is 0 Å². The maximum absolute atomic E-state index is 11.8. The Hall–Kier alpha value is -2.65. The van der Waals surface area contributed by atoms with Gasteiger partial charge in [0.15, 0.2) is 9.84 Å². The minimum atomic E-state index is -3.19. The molecule has 2 nitrogen and oxygen atoms in total. The van der Waals surface area contributed by atoms with Crippen LogP contribution in [0.15, 0.2) is 71.6 Å². The minimum Gasteiger partial charge on any atom is -0.224 e. The van der Waals surface area contributed by atoms with Crippen LogP contribution in [0.5, 0.6) is 0 Å². The topological polar surface area (TPSA) is 34.1 Å². The number of fused-ring (bicyclic) bond motifs is 2. The first-order valence-corrected chi connectivity index (χ1v) is 10.5. The molecule has 0 aliphatic carbocycles. The van der Waals surface area contributed by atoms with Gasteiger partial charge in [0, 0.05) is 6.26 Å². The Bertz CT molecular complexity index is 1250. The lowest BCUT2D eigenvalue weighted by molar-refractivity contribution is 0.602. The van der Waals surface area contributed by atoms with Crippen molar-refractivity contribution < 1.29 is 8.42 Å². The largest absolute Gasteiger partial charge is 0.224 e. The molecule has 0 amide bonds. The van der Waals surface area contributed by atoms with Crippen molar-refractivity contribution in [2.45, 2.75) is 18.7 Å². The van der Waals surface area contributed by atoms with Crippen molar-refractivity contribution in [3.05, 3.63) is 77.9 Å². The zero-order valence-corrected chi connectivity index (χ0v) is 15.9. The summed E-state index contributed by atoms with van der Waals surface area (Å²) in [6, 6.07) is 22.3. The molecule has 26 heavy (non-hydrogen) atoms. The molecule has 0 fully saturated rings. The summed E-state index contributed by atoms with van der Waals surface area (Å²) < 4.78 is 23.5. The van der Waals surface area contributed by atoms with Crippen molar-refractivity contribution in [2.24, 2.45) is 0 Å². The van der Waals surface area contributed by atoms with E-state index in [1.165, 1.54) is 44.5 Å². The first-order chi connectivity index (χ1) is 12.3. The summed E-state index contributed by atoms with van der Waals surface area (Å²) in [6.07, 6.45) is 1.24. The molecule has 0 radical (unpaired) electrons. The second-order valence-corrected chi connectivity index (χ2v) is 8.93. The molecule has 0 bridgehead atoms. The molecule has 3 heteroatoms. The van der Waals surface area contributed by atoms with E-state index in [1.807, 2.05) is 12.1 Å². The van der Waals surface area contributed by atoms with Crippen molar-refractivity contribution in [3.63, 3.8) is 0 Å². The molecule has 0 heterocycles. The Morgan fingerprint density at radius 2 is 1.35 bits per heavy atom. The molecule has 4 aromatic rings. The Morgan fingerprint density at radius 1 is 0.731 bits per heavy atom. The predicted molar refractivity (Wildman–Crippen MR) is 109 cm³/mol. The summed E-state index contributed by atoms with van der Waals surface area (Å²) in [6.45, 7) is 4.25. The summed E-state index contributed by atoms with van der Waals surface area (Å²) >= 11 is 0. The van der Waals surface area contributed by atoms with Crippen LogP contribution >= 0.6 is 0 Å². The van der Waals surface area contributed by atoms with E-state index in [1.54, 1.807) is 12.1 Å². The molecular formula is C23H20O2S. The van der Waals surface area contributed by atoms with E-state index in [0.29, 0.717) is 4.90 Å². The standard InChI is InChI=1S/C23H20O2S/c1-15-12-20-13-18-6-4-5-7-19(18)14-22(20)23(16(15)2)17-8-10-21(11-9-17)26(3,24)25/h4-14H,1-3H3. The molecule has 0 spiro atoms. The Morgan fingerprint density at radius 3 is 1.96 bits per heavy atom. The third-order valence-electron chi connectivity index (χ3n) is 5.10. The molecule has 4 rings (SSSR count). The van der Waals surface area contributed by atoms with Gasteiger partial charge in [0.25, 0.3) is 0 Å². The number of hydrogen-bond donors (Lipinski definition) is 0. The number of sulfone groups is 1. The van der Waals surface area contributed by atoms with Gasteiger partial charge in [-0.05, 0) is 81.9 Å². The molecule has 4 aromatic carbocycles. The molecular weight excluding hydrogens is 340 g/mol. The predicted octanol–water partition coefficient (Wildman–Crippen LogP) is 5.68. The fraction of sp³-hybridized carbons (Fsp3) is 0.130. The fourth-order valence-corrected chi connectivity index (χ4v) is 4.21. The highest BCUT2D eigenvalue weighted by Crippen LogP contribution is 2.36. The maximum Gasteiger partial charge on any atom is 0.175 e. The molecule has 0 aliphatic rings. The Labute approximate surface area is 154 Å². The number of hydrogen-bond acceptors (Lipinski definition) is 2. The summed E-state index contributed by atoms with van der Waals surface area (Å²) in [5, 5.41) is 4.83. The smallest absolute Gasteiger partial charge is 0.175 e. The van der Waals surface area contributed by atoms with Crippen molar-refractivity contribution in [2.75, 3.05) is 6.26 Å². The van der Waals surface area contributed by atoms with Crippen LogP contribution < -0.4 is 0 Å². The minimum absolute atomic E-state index is 0.348. The van der Waals surface area contributed by atoms with Gasteiger partial charge in [0.1, 0.15) is 0 Å². The van der Waals surface area contributed by atoms with E-state index in [0.717, 1.165) is 5.56 Å². The fourth-order valence-electron chi connectivity index (χ4n) is 3.58. The van der Waals surface area contributed by atoms with Gasteiger partial charge in [-0.3, -0.25) is 0 Å². The summed E-state index contributed by atoms with van der Waals surface area (Å²) in [5.74, 6) is 0. The molecule has 0 saturated carbocycles. The van der Waals surface area contributed by atoms with Gasteiger partial charge in [-0.15, -0.1) is 0 Å².